The van der Waals surface area contributed by atoms with E-state index in [1.807, 2.05) is 84.7 Å². The molecule has 0 unspecified atom stereocenters. The van der Waals surface area contributed by atoms with Gasteiger partial charge < -0.3 is 4.42 Å². The molecule has 0 N–H and O–H groups in total. The SMILES string of the molecule is Cc1ccc(CN(Cc2cnn(-c3ccccc3)c2)Cc2ccccn2)o1. The molecule has 27 heavy (non-hydrogen) atoms. The minimum atomic E-state index is 0.723. The number of benzene rings is 1. The molecule has 0 bridgehead atoms. The zero-order chi connectivity index (χ0) is 18.5. The summed E-state index contributed by atoms with van der Waals surface area (Å²) in [6.45, 7) is 4.21. The van der Waals surface area contributed by atoms with E-state index in [4.69, 9.17) is 4.42 Å². The minimum absolute atomic E-state index is 0.723. The number of hydrogen-bond acceptors (Lipinski definition) is 4. The fraction of sp³-hybridized carbons (Fsp3) is 0.182. The molecule has 0 aliphatic heterocycles. The van der Waals surface area contributed by atoms with E-state index in [0.717, 1.165) is 48.1 Å². The largest absolute Gasteiger partial charge is 0.465 e. The van der Waals surface area contributed by atoms with Crippen molar-refractivity contribution in [2.45, 2.75) is 26.6 Å². The molecular formula is C22H22N4O. The summed E-state index contributed by atoms with van der Waals surface area (Å²) in [6, 6.07) is 20.2. The van der Waals surface area contributed by atoms with Crippen molar-refractivity contribution in [3.63, 3.8) is 0 Å². The summed E-state index contributed by atoms with van der Waals surface area (Å²) in [5.41, 5.74) is 3.25. The normalized spacial score (nSPS) is 11.2. The van der Waals surface area contributed by atoms with Gasteiger partial charge >= 0.3 is 0 Å². The zero-order valence-electron chi connectivity index (χ0n) is 15.3. The lowest BCUT2D eigenvalue weighted by atomic mass is 10.2. The lowest BCUT2D eigenvalue weighted by Gasteiger charge is -2.20. The third-order valence-electron chi connectivity index (χ3n) is 4.35. The van der Waals surface area contributed by atoms with E-state index < -0.39 is 0 Å². The van der Waals surface area contributed by atoms with Crippen LogP contribution >= 0.6 is 0 Å². The maximum atomic E-state index is 5.78. The van der Waals surface area contributed by atoms with Crippen molar-refractivity contribution in [3.8, 4) is 5.69 Å². The van der Waals surface area contributed by atoms with Crippen LogP contribution in [0.4, 0.5) is 0 Å². The van der Waals surface area contributed by atoms with Crippen LogP contribution in [0, 0.1) is 6.92 Å². The van der Waals surface area contributed by atoms with Gasteiger partial charge in [0.25, 0.3) is 0 Å². The minimum Gasteiger partial charge on any atom is -0.465 e. The third kappa shape index (κ3) is 4.51. The van der Waals surface area contributed by atoms with Gasteiger partial charge in [0, 0.05) is 31.0 Å². The smallest absolute Gasteiger partial charge is 0.118 e. The molecule has 1 aromatic carbocycles. The molecule has 0 radical (unpaired) electrons. The van der Waals surface area contributed by atoms with Crippen LogP contribution in [0.15, 0.2) is 83.7 Å². The highest BCUT2D eigenvalue weighted by atomic mass is 16.3. The Labute approximate surface area is 158 Å². The molecule has 0 aliphatic carbocycles. The Bertz CT molecular complexity index is 976. The molecule has 0 aliphatic rings. The number of rotatable bonds is 7. The van der Waals surface area contributed by atoms with Gasteiger partial charge in [-0.25, -0.2) is 4.68 Å². The van der Waals surface area contributed by atoms with Gasteiger partial charge in [0.1, 0.15) is 11.5 Å². The van der Waals surface area contributed by atoms with Crippen LogP contribution in [-0.2, 0) is 19.6 Å². The van der Waals surface area contributed by atoms with Gasteiger partial charge in [0.2, 0.25) is 0 Å². The second-order valence-corrected chi connectivity index (χ2v) is 6.61. The van der Waals surface area contributed by atoms with E-state index in [1.54, 1.807) is 0 Å². The number of nitrogens with zero attached hydrogens (tertiary/aromatic N) is 4. The van der Waals surface area contributed by atoms with Crippen molar-refractivity contribution in [2.75, 3.05) is 0 Å². The predicted octanol–water partition coefficient (Wildman–Crippen LogP) is 4.37. The Hall–Kier alpha value is -3.18. The zero-order valence-corrected chi connectivity index (χ0v) is 15.3. The van der Waals surface area contributed by atoms with Crippen molar-refractivity contribution in [1.29, 1.82) is 0 Å². The highest BCUT2D eigenvalue weighted by Gasteiger charge is 2.13. The highest BCUT2D eigenvalue weighted by Crippen LogP contribution is 2.16. The molecule has 0 amide bonds. The van der Waals surface area contributed by atoms with Crippen LogP contribution < -0.4 is 0 Å². The van der Waals surface area contributed by atoms with Gasteiger partial charge in [-0.3, -0.25) is 9.88 Å². The Morgan fingerprint density at radius 3 is 2.52 bits per heavy atom. The molecule has 136 valence electrons. The van der Waals surface area contributed by atoms with Gasteiger partial charge in [0.05, 0.1) is 24.1 Å². The first-order chi connectivity index (χ1) is 13.3. The summed E-state index contributed by atoms with van der Waals surface area (Å²) in [4.78, 5) is 6.78. The summed E-state index contributed by atoms with van der Waals surface area (Å²) < 4.78 is 7.69. The average molecular weight is 358 g/mol. The number of para-hydroxylation sites is 1. The molecule has 0 atom stereocenters. The first-order valence-corrected chi connectivity index (χ1v) is 9.03. The summed E-state index contributed by atoms with van der Waals surface area (Å²) in [5, 5.41) is 4.51. The van der Waals surface area contributed by atoms with Gasteiger partial charge in [0.15, 0.2) is 0 Å². The van der Waals surface area contributed by atoms with E-state index in [0.29, 0.717) is 0 Å². The van der Waals surface area contributed by atoms with Crippen LogP contribution in [-0.4, -0.2) is 19.7 Å². The molecule has 4 rings (SSSR count). The molecule has 3 aromatic heterocycles. The van der Waals surface area contributed by atoms with E-state index in [1.165, 1.54) is 0 Å². The fourth-order valence-corrected chi connectivity index (χ4v) is 3.10. The molecule has 5 heteroatoms. The van der Waals surface area contributed by atoms with Crippen LogP contribution in [0.5, 0.6) is 0 Å². The standard InChI is InChI=1S/C22H22N4O/c1-18-10-11-22(27-18)17-25(16-20-7-5-6-12-23-20)14-19-13-24-26(15-19)21-8-3-2-4-9-21/h2-13,15H,14,16-17H2,1H3. The second-order valence-electron chi connectivity index (χ2n) is 6.61. The first-order valence-electron chi connectivity index (χ1n) is 9.03. The van der Waals surface area contributed by atoms with Crippen molar-refractivity contribution >= 4 is 0 Å². The number of pyridine rings is 1. The van der Waals surface area contributed by atoms with Gasteiger partial charge in [-0.15, -0.1) is 0 Å². The second kappa shape index (κ2) is 8.01. The average Bonchev–Trinajstić information content (AvgIpc) is 3.32. The lowest BCUT2D eigenvalue weighted by Crippen LogP contribution is -2.22. The molecule has 0 fully saturated rings. The van der Waals surface area contributed by atoms with E-state index in [9.17, 15) is 0 Å². The van der Waals surface area contributed by atoms with Crippen molar-refractivity contribution in [3.05, 3.63) is 102 Å². The highest BCUT2D eigenvalue weighted by molar-refractivity contribution is 5.30. The number of aromatic nitrogens is 3. The van der Waals surface area contributed by atoms with Gasteiger partial charge in [-0.2, -0.15) is 5.10 Å². The summed E-state index contributed by atoms with van der Waals surface area (Å²) in [7, 11) is 0. The number of furan rings is 1. The fourth-order valence-electron chi connectivity index (χ4n) is 3.10. The van der Waals surface area contributed by atoms with Crippen LogP contribution in [0.25, 0.3) is 5.69 Å². The van der Waals surface area contributed by atoms with E-state index in [-0.39, 0.29) is 0 Å². The molecule has 4 aromatic rings. The van der Waals surface area contributed by atoms with Crippen molar-refractivity contribution in [1.82, 2.24) is 19.7 Å². The maximum Gasteiger partial charge on any atom is 0.118 e. The maximum absolute atomic E-state index is 5.78. The van der Waals surface area contributed by atoms with Crippen LogP contribution in [0.1, 0.15) is 22.8 Å². The molecular weight excluding hydrogens is 336 g/mol. The van der Waals surface area contributed by atoms with Crippen molar-refractivity contribution < 1.29 is 4.42 Å². The summed E-state index contributed by atoms with van der Waals surface area (Å²) in [5.74, 6) is 1.89. The Kier molecular flexibility index (Phi) is 5.12. The van der Waals surface area contributed by atoms with Gasteiger partial charge in [-0.05, 0) is 43.3 Å². The van der Waals surface area contributed by atoms with Crippen LogP contribution in [0.3, 0.4) is 0 Å². The van der Waals surface area contributed by atoms with E-state index >= 15 is 0 Å². The molecule has 5 nitrogen and oxygen atoms in total. The summed E-state index contributed by atoms with van der Waals surface area (Å²) >= 11 is 0. The Balaban J connectivity index is 1.52. The van der Waals surface area contributed by atoms with Crippen LogP contribution in [0.2, 0.25) is 0 Å². The molecule has 0 spiro atoms. The van der Waals surface area contributed by atoms with E-state index in [2.05, 4.69) is 21.2 Å². The quantitative estimate of drug-likeness (QED) is 0.492. The number of hydrogen-bond donors (Lipinski definition) is 0. The first kappa shape index (κ1) is 17.2. The van der Waals surface area contributed by atoms with Gasteiger partial charge in [-0.1, -0.05) is 24.3 Å². The Morgan fingerprint density at radius 1 is 0.926 bits per heavy atom. The third-order valence-corrected chi connectivity index (χ3v) is 4.35. The molecule has 0 saturated heterocycles. The topological polar surface area (TPSA) is 47.1 Å². The molecule has 3 heterocycles. The van der Waals surface area contributed by atoms with Crippen molar-refractivity contribution in [2.24, 2.45) is 0 Å². The lowest BCUT2D eigenvalue weighted by molar-refractivity contribution is 0.223. The Morgan fingerprint density at radius 2 is 1.78 bits per heavy atom. The monoisotopic (exact) mass is 358 g/mol. The summed E-state index contributed by atoms with van der Waals surface area (Å²) in [6.07, 6.45) is 5.83. The number of aryl methyl sites for hydroxylation is 1. The molecule has 0 saturated carbocycles. The predicted molar refractivity (Wildman–Crippen MR) is 104 cm³/mol.